The molecule has 0 bridgehead atoms. The molecule has 0 spiro atoms. The highest BCUT2D eigenvalue weighted by Crippen LogP contribution is 2.34. The monoisotopic (exact) mass is 190 g/mol. The van der Waals surface area contributed by atoms with Crippen LogP contribution in [0.2, 0.25) is 0 Å². The van der Waals surface area contributed by atoms with Gasteiger partial charge < -0.3 is 14.2 Å². The Labute approximate surface area is 74.9 Å². The number of carbonyl (C=O) groups is 1. The molecule has 5 heteroatoms. The highest BCUT2D eigenvalue weighted by molar-refractivity contribution is 8.15. The first-order valence-electron chi connectivity index (χ1n) is 3.30. The third-order valence-corrected chi connectivity index (χ3v) is 2.50. The Balaban J connectivity index is 2.90. The molecule has 0 fully saturated rings. The summed E-state index contributed by atoms with van der Waals surface area (Å²) in [6, 6.07) is 0. The highest BCUT2D eigenvalue weighted by Gasteiger charge is 2.35. The van der Waals surface area contributed by atoms with Gasteiger partial charge in [0, 0.05) is 7.11 Å². The molecule has 68 valence electrons. The minimum Gasteiger partial charge on any atom is -0.493 e. The standard InChI is InChI=1S/C7H10O4S/c1-9-4-5(10-2)7(11-3)12-6(4)8/h7H,1-3H3. The van der Waals surface area contributed by atoms with Gasteiger partial charge >= 0.3 is 0 Å². The van der Waals surface area contributed by atoms with Gasteiger partial charge in [0.2, 0.25) is 5.76 Å². The molecule has 1 aliphatic rings. The smallest absolute Gasteiger partial charge is 0.260 e. The normalized spacial score (nSPS) is 23.2. The molecule has 0 aromatic carbocycles. The molecule has 1 atom stereocenters. The van der Waals surface area contributed by atoms with Crippen molar-refractivity contribution in [2.45, 2.75) is 5.44 Å². The van der Waals surface area contributed by atoms with Gasteiger partial charge in [-0.05, 0) is 11.8 Å². The largest absolute Gasteiger partial charge is 0.493 e. The molecule has 12 heavy (non-hydrogen) atoms. The minimum atomic E-state index is -0.363. The Morgan fingerprint density at radius 3 is 2.33 bits per heavy atom. The van der Waals surface area contributed by atoms with Crippen molar-refractivity contribution in [1.29, 1.82) is 0 Å². The molecule has 0 N–H and O–H groups in total. The van der Waals surface area contributed by atoms with Crippen LogP contribution in [0.25, 0.3) is 0 Å². The lowest BCUT2D eigenvalue weighted by atomic mass is 10.4. The van der Waals surface area contributed by atoms with Crippen molar-refractivity contribution in [3.8, 4) is 0 Å². The van der Waals surface area contributed by atoms with Gasteiger partial charge in [0.1, 0.15) is 0 Å². The molecule has 0 amide bonds. The molecule has 0 radical (unpaired) electrons. The molecule has 1 heterocycles. The summed E-state index contributed by atoms with van der Waals surface area (Å²) in [6.45, 7) is 0. The summed E-state index contributed by atoms with van der Waals surface area (Å²) in [5.41, 5.74) is -0.363. The van der Waals surface area contributed by atoms with Gasteiger partial charge in [0.15, 0.2) is 11.2 Å². The molecular weight excluding hydrogens is 180 g/mol. The molecule has 4 nitrogen and oxygen atoms in total. The van der Waals surface area contributed by atoms with Gasteiger partial charge in [-0.25, -0.2) is 0 Å². The summed E-state index contributed by atoms with van der Waals surface area (Å²) in [5.74, 6) is 0.698. The average molecular weight is 190 g/mol. The van der Waals surface area contributed by atoms with Crippen molar-refractivity contribution >= 4 is 16.9 Å². The van der Waals surface area contributed by atoms with Crippen LogP contribution in [0, 0.1) is 0 Å². The van der Waals surface area contributed by atoms with Crippen molar-refractivity contribution in [3.05, 3.63) is 11.5 Å². The zero-order chi connectivity index (χ0) is 9.14. The van der Waals surface area contributed by atoms with Crippen LogP contribution in [0.5, 0.6) is 0 Å². The Hall–Kier alpha value is -0.680. The van der Waals surface area contributed by atoms with Gasteiger partial charge in [-0.3, -0.25) is 4.79 Å². The third-order valence-electron chi connectivity index (χ3n) is 1.48. The van der Waals surface area contributed by atoms with E-state index in [-0.39, 0.29) is 16.3 Å². The first-order valence-corrected chi connectivity index (χ1v) is 4.18. The van der Waals surface area contributed by atoms with Crippen molar-refractivity contribution in [3.63, 3.8) is 0 Å². The Kier molecular flexibility index (Phi) is 2.99. The fourth-order valence-electron chi connectivity index (χ4n) is 0.940. The van der Waals surface area contributed by atoms with Crippen LogP contribution < -0.4 is 0 Å². The van der Waals surface area contributed by atoms with E-state index in [4.69, 9.17) is 14.2 Å². The van der Waals surface area contributed by atoms with Crippen LogP contribution in [-0.2, 0) is 19.0 Å². The fraction of sp³-hybridized carbons (Fsp3) is 0.571. The Morgan fingerprint density at radius 1 is 1.25 bits per heavy atom. The predicted octanol–water partition coefficient (Wildman–Crippen LogP) is 0.737. The van der Waals surface area contributed by atoms with E-state index in [0.717, 1.165) is 11.8 Å². The van der Waals surface area contributed by atoms with Crippen LogP contribution in [0.4, 0.5) is 0 Å². The molecule has 1 rings (SSSR count). The number of hydrogen-bond donors (Lipinski definition) is 0. The molecule has 1 unspecified atom stereocenters. The average Bonchev–Trinajstić information content (AvgIpc) is 2.40. The van der Waals surface area contributed by atoms with E-state index in [2.05, 4.69) is 0 Å². The van der Waals surface area contributed by atoms with Crippen molar-refractivity contribution in [2.24, 2.45) is 0 Å². The second-order valence-electron chi connectivity index (χ2n) is 2.07. The first-order chi connectivity index (χ1) is 5.74. The van der Waals surface area contributed by atoms with E-state index >= 15 is 0 Å². The summed E-state index contributed by atoms with van der Waals surface area (Å²) in [5, 5.41) is -0.152. The molecule has 0 aliphatic carbocycles. The van der Waals surface area contributed by atoms with Gasteiger partial charge in [-0.1, -0.05) is 0 Å². The van der Waals surface area contributed by atoms with Crippen LogP contribution in [0.15, 0.2) is 11.5 Å². The summed E-state index contributed by atoms with van der Waals surface area (Å²) in [7, 11) is 4.44. The lowest BCUT2D eigenvalue weighted by Crippen LogP contribution is -2.07. The second-order valence-corrected chi connectivity index (χ2v) is 3.11. The van der Waals surface area contributed by atoms with E-state index in [0.29, 0.717) is 5.76 Å². The van der Waals surface area contributed by atoms with Gasteiger partial charge in [0.25, 0.3) is 5.12 Å². The molecule has 0 saturated carbocycles. The van der Waals surface area contributed by atoms with E-state index in [9.17, 15) is 4.79 Å². The maximum Gasteiger partial charge on any atom is 0.260 e. The van der Waals surface area contributed by atoms with Crippen molar-refractivity contribution in [1.82, 2.24) is 0 Å². The lowest BCUT2D eigenvalue weighted by Gasteiger charge is -2.08. The maximum atomic E-state index is 11.2. The number of carbonyl (C=O) groups excluding carboxylic acids is 1. The summed E-state index contributed by atoms with van der Waals surface area (Å²) >= 11 is 1.05. The summed E-state index contributed by atoms with van der Waals surface area (Å²) in [6.07, 6.45) is 0. The Morgan fingerprint density at radius 2 is 1.92 bits per heavy atom. The van der Waals surface area contributed by atoms with E-state index in [1.165, 1.54) is 21.3 Å². The zero-order valence-corrected chi connectivity index (χ0v) is 7.94. The number of ether oxygens (including phenoxy) is 3. The summed E-state index contributed by atoms with van der Waals surface area (Å²) < 4.78 is 14.8. The SMILES string of the molecule is COC1=C(OC)C(OC)SC1=O. The molecule has 0 aromatic rings. The van der Waals surface area contributed by atoms with E-state index in [1.54, 1.807) is 0 Å². The topological polar surface area (TPSA) is 44.8 Å². The second kappa shape index (κ2) is 3.82. The number of rotatable bonds is 3. The first kappa shape index (κ1) is 9.41. The molecular formula is C7H10O4S. The van der Waals surface area contributed by atoms with Crippen molar-refractivity contribution < 1.29 is 19.0 Å². The van der Waals surface area contributed by atoms with Crippen molar-refractivity contribution in [2.75, 3.05) is 21.3 Å². The van der Waals surface area contributed by atoms with Crippen LogP contribution in [0.3, 0.4) is 0 Å². The van der Waals surface area contributed by atoms with Gasteiger partial charge in [-0.15, -0.1) is 0 Å². The van der Waals surface area contributed by atoms with E-state index in [1.807, 2.05) is 0 Å². The number of hydrogen-bond acceptors (Lipinski definition) is 5. The number of thioether (sulfide) groups is 1. The molecule has 0 aromatic heterocycles. The lowest BCUT2D eigenvalue weighted by molar-refractivity contribution is -0.110. The van der Waals surface area contributed by atoms with E-state index < -0.39 is 0 Å². The van der Waals surface area contributed by atoms with Gasteiger partial charge in [0.05, 0.1) is 14.2 Å². The molecule has 1 aliphatic heterocycles. The minimum absolute atomic E-state index is 0.152. The van der Waals surface area contributed by atoms with Crippen LogP contribution >= 0.6 is 11.8 Å². The van der Waals surface area contributed by atoms with Gasteiger partial charge in [-0.2, -0.15) is 0 Å². The predicted molar refractivity (Wildman–Crippen MR) is 44.4 cm³/mol. The van der Waals surface area contributed by atoms with Crippen LogP contribution in [0.1, 0.15) is 0 Å². The van der Waals surface area contributed by atoms with Crippen LogP contribution in [-0.4, -0.2) is 31.9 Å². The zero-order valence-electron chi connectivity index (χ0n) is 7.12. The quantitative estimate of drug-likeness (QED) is 0.656. The molecule has 0 saturated heterocycles. The number of methoxy groups -OCH3 is 3. The maximum absolute atomic E-state index is 11.2. The Bertz CT molecular complexity index is 223. The third kappa shape index (κ3) is 1.42. The highest BCUT2D eigenvalue weighted by atomic mass is 32.2. The summed E-state index contributed by atoms with van der Waals surface area (Å²) in [4.78, 5) is 11.2. The fourth-order valence-corrected chi connectivity index (χ4v) is 1.83.